The number of amides is 2. The van der Waals surface area contributed by atoms with Gasteiger partial charge in [0, 0.05) is 18.6 Å². The molecule has 0 aromatic carbocycles. The number of carboxylic acid groups (broad SMARTS) is 1. The van der Waals surface area contributed by atoms with Gasteiger partial charge < -0.3 is 19.7 Å². The van der Waals surface area contributed by atoms with Gasteiger partial charge in [0.25, 0.3) is 0 Å². The summed E-state index contributed by atoms with van der Waals surface area (Å²) in [5.41, 5.74) is 0. The van der Waals surface area contributed by atoms with Gasteiger partial charge in [0.2, 0.25) is 0 Å². The third-order valence-corrected chi connectivity index (χ3v) is 5.70. The summed E-state index contributed by atoms with van der Waals surface area (Å²) in [4.78, 5) is 27.6. The highest BCUT2D eigenvalue weighted by Gasteiger charge is 2.38. The first-order valence-electron chi connectivity index (χ1n) is 9.54. The first-order chi connectivity index (χ1) is 12.5. The summed E-state index contributed by atoms with van der Waals surface area (Å²) in [7, 11) is 0. The highest BCUT2D eigenvalue weighted by atomic mass is 16.4. The molecule has 1 aliphatic heterocycles. The van der Waals surface area contributed by atoms with E-state index in [-0.39, 0.29) is 30.7 Å². The van der Waals surface area contributed by atoms with Gasteiger partial charge in [-0.25, -0.2) is 4.79 Å². The largest absolute Gasteiger partial charge is 0.480 e. The smallest absolute Gasteiger partial charge is 0.318 e. The first kappa shape index (κ1) is 18.8. The molecule has 2 N–H and O–H groups in total. The molecular formula is C19H29N3O4. The molecule has 2 amide bonds. The Bertz CT molecular complexity index is 612. The second-order valence-corrected chi connectivity index (χ2v) is 7.58. The van der Waals surface area contributed by atoms with Crippen molar-refractivity contribution in [2.75, 3.05) is 19.6 Å². The van der Waals surface area contributed by atoms with Gasteiger partial charge in [-0.3, -0.25) is 9.69 Å². The lowest BCUT2D eigenvalue weighted by Gasteiger charge is -2.44. The maximum Gasteiger partial charge on any atom is 0.318 e. The molecule has 3 rings (SSSR count). The van der Waals surface area contributed by atoms with E-state index in [1.165, 1.54) is 0 Å². The van der Waals surface area contributed by atoms with E-state index in [9.17, 15) is 9.59 Å². The molecule has 1 saturated heterocycles. The second kappa shape index (κ2) is 8.12. The number of nitrogens with one attached hydrogen (secondary N) is 1. The van der Waals surface area contributed by atoms with Crippen molar-refractivity contribution in [2.45, 2.75) is 57.7 Å². The Labute approximate surface area is 154 Å². The molecule has 144 valence electrons. The predicted octanol–water partition coefficient (Wildman–Crippen LogP) is 2.70. The van der Waals surface area contributed by atoms with Gasteiger partial charge >= 0.3 is 12.0 Å². The Morgan fingerprint density at radius 1 is 1.38 bits per heavy atom. The lowest BCUT2D eigenvalue weighted by molar-refractivity contribution is -0.139. The molecule has 1 aromatic rings. The van der Waals surface area contributed by atoms with E-state index in [4.69, 9.17) is 9.52 Å². The van der Waals surface area contributed by atoms with Crippen molar-refractivity contribution < 1.29 is 19.1 Å². The number of carboxylic acids is 1. The van der Waals surface area contributed by atoms with Crippen molar-refractivity contribution in [2.24, 2.45) is 5.92 Å². The van der Waals surface area contributed by atoms with E-state index < -0.39 is 5.97 Å². The summed E-state index contributed by atoms with van der Waals surface area (Å²) < 4.78 is 5.56. The minimum absolute atomic E-state index is 0.0104. The van der Waals surface area contributed by atoms with E-state index in [1.807, 2.05) is 28.9 Å². The van der Waals surface area contributed by atoms with Crippen LogP contribution in [-0.4, -0.2) is 58.6 Å². The fourth-order valence-corrected chi connectivity index (χ4v) is 4.07. The van der Waals surface area contributed by atoms with Gasteiger partial charge in [-0.2, -0.15) is 0 Å². The van der Waals surface area contributed by atoms with Crippen LogP contribution in [0.15, 0.2) is 22.8 Å². The van der Waals surface area contributed by atoms with Gasteiger partial charge in [0.15, 0.2) is 0 Å². The Hall–Kier alpha value is -2.02. The number of rotatable bonds is 6. The monoisotopic (exact) mass is 363 g/mol. The number of likely N-dealkylation sites (tertiary alicyclic amines) is 1. The van der Waals surface area contributed by atoms with E-state index in [0.717, 1.165) is 38.0 Å². The van der Waals surface area contributed by atoms with E-state index in [0.29, 0.717) is 12.5 Å². The standard InChI is InChI=1S/C19H29N3O4/c1-3-21(12-18(23)24)15-10-14(11-15)20-19(25)22-7-6-13(2)9-16(22)17-5-4-8-26-17/h4-5,8,13-16H,3,6-7,9-12H2,1-2H3,(H,20,25)(H,23,24). The molecule has 26 heavy (non-hydrogen) atoms. The lowest BCUT2D eigenvalue weighted by Crippen LogP contribution is -2.57. The molecule has 0 radical (unpaired) electrons. The number of urea groups is 1. The molecule has 7 heteroatoms. The van der Waals surface area contributed by atoms with Crippen molar-refractivity contribution in [3.05, 3.63) is 24.2 Å². The molecule has 0 spiro atoms. The number of carbonyl (C=O) groups is 2. The second-order valence-electron chi connectivity index (χ2n) is 7.58. The molecule has 2 aliphatic rings. The minimum atomic E-state index is -0.803. The van der Waals surface area contributed by atoms with E-state index >= 15 is 0 Å². The maximum absolute atomic E-state index is 12.8. The van der Waals surface area contributed by atoms with Crippen LogP contribution in [0, 0.1) is 5.92 Å². The summed E-state index contributed by atoms with van der Waals surface area (Å²) in [5.74, 6) is 0.608. The predicted molar refractivity (Wildman–Crippen MR) is 96.8 cm³/mol. The molecule has 1 saturated carbocycles. The molecule has 2 atom stereocenters. The van der Waals surface area contributed by atoms with Crippen LogP contribution in [0.1, 0.15) is 51.3 Å². The average Bonchev–Trinajstić information content (AvgIpc) is 3.10. The molecular weight excluding hydrogens is 334 g/mol. The molecule has 1 aliphatic carbocycles. The fourth-order valence-electron chi connectivity index (χ4n) is 4.07. The zero-order valence-corrected chi connectivity index (χ0v) is 15.6. The number of aliphatic carboxylic acids is 1. The van der Waals surface area contributed by atoms with Gasteiger partial charge in [-0.15, -0.1) is 0 Å². The number of likely N-dealkylation sites (N-methyl/N-ethyl adjacent to an activating group) is 1. The Morgan fingerprint density at radius 3 is 2.77 bits per heavy atom. The Kier molecular flexibility index (Phi) is 5.86. The first-order valence-corrected chi connectivity index (χ1v) is 9.54. The Balaban J connectivity index is 1.54. The molecule has 1 aromatic heterocycles. The molecule has 2 heterocycles. The number of hydrogen-bond acceptors (Lipinski definition) is 4. The van der Waals surface area contributed by atoms with Crippen LogP contribution in [0.2, 0.25) is 0 Å². The number of hydrogen-bond donors (Lipinski definition) is 2. The van der Waals surface area contributed by atoms with Crippen LogP contribution in [0.5, 0.6) is 0 Å². The van der Waals surface area contributed by atoms with Gasteiger partial charge in [0.1, 0.15) is 5.76 Å². The van der Waals surface area contributed by atoms with Gasteiger partial charge in [0.05, 0.1) is 18.8 Å². The SMILES string of the molecule is CCN(CC(=O)O)C1CC(NC(=O)N2CCC(C)CC2c2ccco2)C1. The zero-order valence-electron chi connectivity index (χ0n) is 15.6. The van der Waals surface area contributed by atoms with E-state index in [1.54, 1.807) is 6.26 Å². The summed E-state index contributed by atoms with van der Waals surface area (Å²) in [6, 6.07) is 4.11. The van der Waals surface area contributed by atoms with Gasteiger partial charge in [-0.05, 0) is 50.3 Å². The fraction of sp³-hybridized carbons (Fsp3) is 0.684. The van der Waals surface area contributed by atoms with E-state index in [2.05, 4.69) is 12.2 Å². The maximum atomic E-state index is 12.8. The van der Waals surface area contributed by atoms with Crippen LogP contribution in [0.4, 0.5) is 4.79 Å². The number of furan rings is 1. The van der Waals surface area contributed by atoms with Crippen LogP contribution in [0.25, 0.3) is 0 Å². The van der Waals surface area contributed by atoms with Crippen molar-refractivity contribution >= 4 is 12.0 Å². The van der Waals surface area contributed by atoms with Crippen molar-refractivity contribution in [1.82, 2.24) is 15.1 Å². The molecule has 0 bridgehead atoms. The third-order valence-electron chi connectivity index (χ3n) is 5.70. The highest BCUT2D eigenvalue weighted by Crippen LogP contribution is 2.35. The number of carbonyl (C=O) groups excluding carboxylic acids is 1. The van der Waals surface area contributed by atoms with Gasteiger partial charge in [-0.1, -0.05) is 13.8 Å². The summed E-state index contributed by atoms with van der Waals surface area (Å²) in [6.07, 6.45) is 5.19. The number of nitrogens with zero attached hydrogens (tertiary/aromatic N) is 2. The van der Waals surface area contributed by atoms with Crippen LogP contribution >= 0.6 is 0 Å². The minimum Gasteiger partial charge on any atom is -0.480 e. The molecule has 2 unspecified atom stereocenters. The molecule has 2 fully saturated rings. The van der Waals surface area contributed by atoms with Crippen LogP contribution < -0.4 is 5.32 Å². The number of piperidine rings is 1. The summed E-state index contributed by atoms with van der Waals surface area (Å²) >= 11 is 0. The van der Waals surface area contributed by atoms with Crippen LogP contribution in [-0.2, 0) is 4.79 Å². The molecule has 7 nitrogen and oxygen atoms in total. The van der Waals surface area contributed by atoms with Crippen LogP contribution in [0.3, 0.4) is 0 Å². The topological polar surface area (TPSA) is 86.0 Å². The average molecular weight is 363 g/mol. The van der Waals surface area contributed by atoms with Crippen molar-refractivity contribution in [3.8, 4) is 0 Å². The quantitative estimate of drug-likeness (QED) is 0.812. The van der Waals surface area contributed by atoms with Crippen molar-refractivity contribution in [1.29, 1.82) is 0 Å². The van der Waals surface area contributed by atoms with Crippen molar-refractivity contribution in [3.63, 3.8) is 0 Å². The summed E-state index contributed by atoms with van der Waals surface area (Å²) in [5, 5.41) is 12.1. The Morgan fingerprint density at radius 2 is 2.15 bits per heavy atom. The normalized spacial score (nSPS) is 28.7. The zero-order chi connectivity index (χ0) is 18.7. The third kappa shape index (κ3) is 4.20. The lowest BCUT2D eigenvalue weighted by atomic mass is 9.85. The summed E-state index contributed by atoms with van der Waals surface area (Å²) in [6.45, 7) is 5.68. The highest BCUT2D eigenvalue weighted by molar-refractivity contribution is 5.75.